The molecule has 1 unspecified atom stereocenters. The average Bonchev–Trinajstić information content (AvgIpc) is 1.98. The third kappa shape index (κ3) is 9.93. The molecule has 0 aliphatic heterocycles. The van der Waals surface area contributed by atoms with Crippen molar-refractivity contribution in [3.8, 4) is 0 Å². The fraction of sp³-hybridized carbons (Fsp3) is 0.917. The highest BCUT2D eigenvalue weighted by molar-refractivity contribution is 5.64. The van der Waals surface area contributed by atoms with Gasteiger partial charge < -0.3 is 19.1 Å². The molecule has 0 aromatic heterocycles. The predicted octanol–water partition coefficient (Wildman–Crippen LogP) is 0.264. The molecule has 0 saturated heterocycles. The Morgan fingerprint density at radius 3 is 2.25 bits per heavy atom. The van der Waals surface area contributed by atoms with E-state index in [1.807, 2.05) is 21.1 Å². The maximum Gasteiger partial charge on any atom is 0.112 e. The van der Waals surface area contributed by atoms with Crippen LogP contribution in [0.2, 0.25) is 0 Å². The van der Waals surface area contributed by atoms with E-state index in [1.54, 1.807) is 0 Å². The molecule has 0 saturated carbocycles. The van der Waals surface area contributed by atoms with Gasteiger partial charge in [0.15, 0.2) is 0 Å². The third-order valence-corrected chi connectivity index (χ3v) is 2.19. The van der Waals surface area contributed by atoms with Crippen molar-refractivity contribution < 1.29 is 19.1 Å². The molecule has 0 aromatic carbocycles. The number of likely N-dealkylation sites (N-methyl/N-ethyl adjacent to an activating group) is 1. The van der Waals surface area contributed by atoms with E-state index in [4.69, 9.17) is 4.74 Å². The van der Waals surface area contributed by atoms with Crippen LogP contribution < -0.4 is 5.11 Å². The molecular formula is C12H25NO3. The fourth-order valence-corrected chi connectivity index (χ4v) is 1.44. The molecule has 0 heterocycles. The molecule has 1 atom stereocenters. The molecule has 0 spiro atoms. The van der Waals surface area contributed by atoms with Gasteiger partial charge in [0.2, 0.25) is 0 Å². The van der Waals surface area contributed by atoms with Crippen molar-refractivity contribution in [2.45, 2.75) is 32.8 Å². The Morgan fingerprint density at radius 2 is 1.88 bits per heavy atom. The van der Waals surface area contributed by atoms with E-state index in [2.05, 4.69) is 13.8 Å². The van der Waals surface area contributed by atoms with Crippen LogP contribution >= 0.6 is 0 Å². The Kier molecular flexibility index (Phi) is 6.60. The minimum atomic E-state index is -1.04. The normalized spacial score (nSPS) is 14.1. The predicted molar refractivity (Wildman–Crippen MR) is 61.7 cm³/mol. The Bertz CT molecular complexity index is 209. The second kappa shape index (κ2) is 6.86. The van der Waals surface area contributed by atoms with Crippen LogP contribution in [0.5, 0.6) is 0 Å². The summed E-state index contributed by atoms with van der Waals surface area (Å²) in [6.45, 7) is 5.55. The molecule has 96 valence electrons. The lowest BCUT2D eigenvalue weighted by molar-refractivity contribution is -0.873. The van der Waals surface area contributed by atoms with Gasteiger partial charge in [-0.3, -0.25) is 0 Å². The van der Waals surface area contributed by atoms with Crippen molar-refractivity contribution in [3.63, 3.8) is 0 Å². The second-order valence-corrected chi connectivity index (χ2v) is 5.72. The number of hydrogen-bond donors (Lipinski definition) is 0. The van der Waals surface area contributed by atoms with E-state index in [9.17, 15) is 9.90 Å². The topological polar surface area (TPSA) is 49.4 Å². The van der Waals surface area contributed by atoms with Crippen LogP contribution in [-0.2, 0) is 9.53 Å². The van der Waals surface area contributed by atoms with E-state index >= 15 is 0 Å². The quantitative estimate of drug-likeness (QED) is 0.563. The number of carbonyl (C=O) groups excluding carboxylic acids is 1. The largest absolute Gasteiger partial charge is 0.550 e. The van der Waals surface area contributed by atoms with Gasteiger partial charge in [0.1, 0.15) is 12.6 Å². The molecule has 0 fully saturated rings. The minimum Gasteiger partial charge on any atom is -0.550 e. The van der Waals surface area contributed by atoms with Crippen LogP contribution in [0.1, 0.15) is 26.7 Å². The highest BCUT2D eigenvalue weighted by atomic mass is 16.5. The smallest absolute Gasteiger partial charge is 0.112 e. The van der Waals surface area contributed by atoms with E-state index < -0.39 is 5.97 Å². The Hall–Kier alpha value is -0.610. The number of ether oxygens (including phenoxy) is 1. The summed E-state index contributed by atoms with van der Waals surface area (Å²) >= 11 is 0. The molecule has 0 N–H and O–H groups in total. The number of rotatable bonds is 8. The van der Waals surface area contributed by atoms with Crippen LogP contribution in [0.15, 0.2) is 0 Å². The SMILES string of the molecule is CC(C)CCOC(CC(=O)[O-])C[N+](C)(C)C. The third-order valence-electron chi connectivity index (χ3n) is 2.19. The van der Waals surface area contributed by atoms with Crippen LogP contribution in [0.4, 0.5) is 0 Å². The van der Waals surface area contributed by atoms with Gasteiger partial charge in [-0.25, -0.2) is 0 Å². The first-order valence-electron chi connectivity index (χ1n) is 5.82. The van der Waals surface area contributed by atoms with Crippen molar-refractivity contribution in [1.29, 1.82) is 0 Å². The highest BCUT2D eigenvalue weighted by Crippen LogP contribution is 2.07. The van der Waals surface area contributed by atoms with E-state index in [0.29, 0.717) is 23.6 Å². The summed E-state index contributed by atoms with van der Waals surface area (Å²) < 4.78 is 6.30. The van der Waals surface area contributed by atoms with Crippen LogP contribution in [-0.4, -0.2) is 50.9 Å². The number of carbonyl (C=O) groups is 1. The molecule has 0 rings (SSSR count). The summed E-state index contributed by atoms with van der Waals surface area (Å²) in [4.78, 5) is 10.6. The van der Waals surface area contributed by atoms with Crippen LogP contribution in [0.3, 0.4) is 0 Å². The standard InChI is InChI=1S/C12H25NO3/c1-10(2)6-7-16-11(8-12(14)15)9-13(3,4)5/h10-11H,6-9H2,1-5H3. The van der Waals surface area contributed by atoms with Crippen LogP contribution in [0.25, 0.3) is 0 Å². The van der Waals surface area contributed by atoms with Gasteiger partial charge in [-0.2, -0.15) is 0 Å². The molecule has 0 aliphatic carbocycles. The molecule has 0 aliphatic rings. The molecule has 0 radical (unpaired) electrons. The molecule has 16 heavy (non-hydrogen) atoms. The number of carboxylic acid groups (broad SMARTS) is 1. The van der Waals surface area contributed by atoms with Crippen molar-refractivity contribution in [1.82, 2.24) is 0 Å². The van der Waals surface area contributed by atoms with Crippen molar-refractivity contribution in [2.24, 2.45) is 5.92 Å². The lowest BCUT2D eigenvalue weighted by Crippen LogP contribution is -2.44. The summed E-state index contributed by atoms with van der Waals surface area (Å²) in [5, 5.41) is 10.6. The molecule has 4 nitrogen and oxygen atoms in total. The van der Waals surface area contributed by atoms with Gasteiger partial charge in [0.05, 0.1) is 21.1 Å². The first-order valence-corrected chi connectivity index (χ1v) is 5.82. The zero-order valence-electron chi connectivity index (χ0n) is 11.2. The summed E-state index contributed by atoms with van der Waals surface area (Å²) in [5.41, 5.74) is 0. The highest BCUT2D eigenvalue weighted by Gasteiger charge is 2.18. The lowest BCUT2D eigenvalue weighted by atomic mass is 10.1. The van der Waals surface area contributed by atoms with E-state index in [1.165, 1.54) is 0 Å². The fourth-order valence-electron chi connectivity index (χ4n) is 1.44. The summed E-state index contributed by atoms with van der Waals surface area (Å²) in [6, 6.07) is 0. The number of carboxylic acids is 1. The number of nitrogens with zero attached hydrogens (tertiary/aromatic N) is 1. The molecule has 0 aromatic rings. The second-order valence-electron chi connectivity index (χ2n) is 5.72. The van der Waals surface area contributed by atoms with Gasteiger partial charge in [-0.15, -0.1) is 0 Å². The Morgan fingerprint density at radius 1 is 1.31 bits per heavy atom. The minimum absolute atomic E-state index is 0.0202. The maximum absolute atomic E-state index is 10.6. The Balaban J connectivity index is 4.05. The number of hydrogen-bond acceptors (Lipinski definition) is 3. The van der Waals surface area contributed by atoms with Gasteiger partial charge >= 0.3 is 0 Å². The van der Waals surface area contributed by atoms with E-state index in [0.717, 1.165) is 6.42 Å². The monoisotopic (exact) mass is 231 g/mol. The zero-order valence-corrected chi connectivity index (χ0v) is 11.2. The zero-order chi connectivity index (χ0) is 12.8. The Labute approximate surface area is 98.8 Å². The van der Waals surface area contributed by atoms with Crippen LogP contribution in [0, 0.1) is 5.92 Å². The van der Waals surface area contributed by atoms with Gasteiger partial charge in [-0.1, -0.05) is 13.8 Å². The summed E-state index contributed by atoms with van der Waals surface area (Å²) in [6.07, 6.45) is 0.692. The maximum atomic E-state index is 10.6. The number of quaternary nitrogens is 1. The van der Waals surface area contributed by atoms with Crippen molar-refractivity contribution in [3.05, 3.63) is 0 Å². The van der Waals surface area contributed by atoms with Crippen molar-refractivity contribution >= 4 is 5.97 Å². The number of aliphatic carboxylic acids is 1. The van der Waals surface area contributed by atoms with E-state index in [-0.39, 0.29) is 12.5 Å². The molecular weight excluding hydrogens is 206 g/mol. The van der Waals surface area contributed by atoms with Gasteiger partial charge in [0, 0.05) is 19.0 Å². The first-order chi connectivity index (χ1) is 7.20. The lowest BCUT2D eigenvalue weighted by Gasteiger charge is -2.29. The average molecular weight is 231 g/mol. The van der Waals surface area contributed by atoms with Crippen molar-refractivity contribution in [2.75, 3.05) is 34.3 Å². The summed E-state index contributed by atoms with van der Waals surface area (Å²) in [5.74, 6) is -0.462. The molecule has 4 heteroatoms. The molecule has 0 amide bonds. The molecule has 0 bridgehead atoms. The first kappa shape index (κ1) is 15.4. The van der Waals surface area contributed by atoms with Gasteiger partial charge in [-0.05, 0) is 12.3 Å². The summed E-state index contributed by atoms with van der Waals surface area (Å²) in [7, 11) is 6.07. The van der Waals surface area contributed by atoms with Gasteiger partial charge in [0.25, 0.3) is 0 Å².